The molecule has 1 fully saturated rings. The van der Waals surface area contributed by atoms with E-state index in [-0.39, 0.29) is 0 Å². The molecular formula is C10H16O2. The maximum absolute atomic E-state index is 9.59. The van der Waals surface area contributed by atoms with Crippen molar-refractivity contribution in [3.63, 3.8) is 0 Å². The summed E-state index contributed by atoms with van der Waals surface area (Å²) in [5.74, 6) is 2.14. The van der Waals surface area contributed by atoms with Crippen LogP contribution in [0.3, 0.4) is 0 Å². The van der Waals surface area contributed by atoms with Crippen LogP contribution in [0.2, 0.25) is 0 Å². The van der Waals surface area contributed by atoms with E-state index >= 15 is 0 Å². The molecule has 2 rings (SSSR count). The lowest BCUT2D eigenvalue weighted by molar-refractivity contribution is -0.128. The van der Waals surface area contributed by atoms with Crippen molar-refractivity contribution in [3.8, 4) is 0 Å². The Bertz CT molecular complexity index is 200. The highest BCUT2D eigenvalue weighted by Gasteiger charge is 2.45. The van der Waals surface area contributed by atoms with Gasteiger partial charge in [-0.25, -0.2) is 0 Å². The monoisotopic (exact) mass is 168 g/mol. The highest BCUT2D eigenvalue weighted by molar-refractivity contribution is 5.13. The van der Waals surface area contributed by atoms with Crippen LogP contribution in [0, 0.1) is 23.7 Å². The second kappa shape index (κ2) is 2.86. The van der Waals surface area contributed by atoms with Gasteiger partial charge in [-0.05, 0) is 24.2 Å². The zero-order valence-electron chi connectivity index (χ0n) is 7.60. The minimum atomic E-state index is -0.569. The van der Waals surface area contributed by atoms with Crippen molar-refractivity contribution >= 4 is 0 Å². The average Bonchev–Trinajstić information content (AvgIpc) is 2.63. The number of ether oxygens (including phenoxy) is 1. The molecule has 68 valence electrons. The highest BCUT2D eigenvalue weighted by Crippen LogP contribution is 2.49. The first-order valence-corrected chi connectivity index (χ1v) is 4.63. The van der Waals surface area contributed by atoms with E-state index in [0.717, 1.165) is 0 Å². The van der Waals surface area contributed by atoms with Crippen molar-refractivity contribution in [1.29, 1.82) is 0 Å². The van der Waals surface area contributed by atoms with Crippen LogP contribution in [-0.2, 0) is 4.74 Å². The number of methoxy groups -OCH3 is 1. The van der Waals surface area contributed by atoms with Crippen LogP contribution < -0.4 is 0 Å². The average molecular weight is 168 g/mol. The topological polar surface area (TPSA) is 29.5 Å². The van der Waals surface area contributed by atoms with Gasteiger partial charge in [-0.15, -0.1) is 0 Å². The van der Waals surface area contributed by atoms with Gasteiger partial charge >= 0.3 is 0 Å². The van der Waals surface area contributed by atoms with Crippen LogP contribution in [0.4, 0.5) is 0 Å². The lowest BCUT2D eigenvalue weighted by Crippen LogP contribution is -2.30. The second-order valence-electron chi connectivity index (χ2n) is 4.01. The molecule has 0 spiro atoms. The third-order valence-corrected chi connectivity index (χ3v) is 3.50. The Balaban J connectivity index is 2.12. The van der Waals surface area contributed by atoms with E-state index in [1.165, 1.54) is 6.42 Å². The summed E-state index contributed by atoms with van der Waals surface area (Å²) >= 11 is 0. The standard InChI is InChI=1S/C10H16O2/c1-6-7-3-4-8(5-7)9(6)10(11)12-2/h3-4,6-11H,5H2,1-2H3. The smallest absolute Gasteiger partial charge is 0.157 e. The third-order valence-electron chi connectivity index (χ3n) is 3.50. The normalized spacial score (nSPS) is 46.9. The minimum Gasteiger partial charge on any atom is -0.368 e. The molecule has 0 saturated heterocycles. The van der Waals surface area contributed by atoms with Crippen LogP contribution in [0.1, 0.15) is 13.3 Å². The molecule has 2 bridgehead atoms. The lowest BCUT2D eigenvalue weighted by atomic mass is 9.84. The maximum atomic E-state index is 9.59. The number of hydrogen-bond acceptors (Lipinski definition) is 2. The first-order chi connectivity index (χ1) is 5.74. The van der Waals surface area contributed by atoms with Crippen molar-refractivity contribution in [1.82, 2.24) is 0 Å². The molecule has 1 saturated carbocycles. The molecule has 0 aromatic rings. The van der Waals surface area contributed by atoms with E-state index in [0.29, 0.717) is 23.7 Å². The van der Waals surface area contributed by atoms with Crippen molar-refractivity contribution < 1.29 is 9.84 Å². The van der Waals surface area contributed by atoms with Crippen molar-refractivity contribution in [2.45, 2.75) is 19.6 Å². The molecule has 12 heavy (non-hydrogen) atoms. The van der Waals surface area contributed by atoms with E-state index in [4.69, 9.17) is 4.74 Å². The first kappa shape index (κ1) is 8.27. The van der Waals surface area contributed by atoms with Gasteiger partial charge in [0.05, 0.1) is 0 Å². The highest BCUT2D eigenvalue weighted by atomic mass is 16.6. The van der Waals surface area contributed by atoms with Crippen LogP contribution in [0.25, 0.3) is 0 Å². The Morgan fingerprint density at radius 2 is 2.08 bits per heavy atom. The Labute approximate surface area is 73.2 Å². The molecule has 0 aromatic carbocycles. The van der Waals surface area contributed by atoms with Crippen molar-refractivity contribution in [3.05, 3.63) is 12.2 Å². The molecule has 0 aliphatic heterocycles. The first-order valence-electron chi connectivity index (χ1n) is 4.63. The molecule has 2 heteroatoms. The van der Waals surface area contributed by atoms with E-state index in [1.807, 2.05) is 0 Å². The fourth-order valence-corrected chi connectivity index (χ4v) is 2.74. The zero-order valence-corrected chi connectivity index (χ0v) is 7.60. The Hall–Kier alpha value is -0.340. The Morgan fingerprint density at radius 1 is 1.42 bits per heavy atom. The SMILES string of the molecule is COC(O)C1C2C=CC(C2)C1C. The van der Waals surface area contributed by atoms with Gasteiger partial charge in [0.25, 0.3) is 0 Å². The van der Waals surface area contributed by atoms with Gasteiger partial charge in [-0.2, -0.15) is 0 Å². The molecule has 1 N–H and O–H groups in total. The summed E-state index contributed by atoms with van der Waals surface area (Å²) in [5, 5.41) is 9.59. The summed E-state index contributed by atoms with van der Waals surface area (Å²) < 4.78 is 4.98. The third kappa shape index (κ3) is 1.02. The molecule has 2 aliphatic carbocycles. The molecule has 5 atom stereocenters. The maximum Gasteiger partial charge on any atom is 0.157 e. The summed E-state index contributed by atoms with van der Waals surface area (Å²) in [6, 6.07) is 0. The number of fused-ring (bicyclic) bond motifs is 2. The minimum absolute atomic E-state index is 0.324. The molecule has 0 aromatic heterocycles. The quantitative estimate of drug-likeness (QED) is 0.499. The van der Waals surface area contributed by atoms with Crippen molar-refractivity contribution in [2.75, 3.05) is 7.11 Å². The summed E-state index contributed by atoms with van der Waals surface area (Å²) in [6.07, 6.45) is 5.16. The predicted octanol–water partition coefficient (Wildman–Crippen LogP) is 1.41. The van der Waals surface area contributed by atoms with Gasteiger partial charge in [-0.3, -0.25) is 0 Å². The van der Waals surface area contributed by atoms with Gasteiger partial charge in [0.15, 0.2) is 6.29 Å². The van der Waals surface area contributed by atoms with Gasteiger partial charge < -0.3 is 9.84 Å². The summed E-state index contributed by atoms with van der Waals surface area (Å²) in [5.41, 5.74) is 0. The molecular weight excluding hydrogens is 152 g/mol. The molecule has 2 nitrogen and oxygen atoms in total. The molecule has 2 aliphatic rings. The van der Waals surface area contributed by atoms with E-state index in [2.05, 4.69) is 19.1 Å². The number of aliphatic hydroxyl groups is 1. The van der Waals surface area contributed by atoms with E-state index < -0.39 is 6.29 Å². The van der Waals surface area contributed by atoms with Crippen LogP contribution in [0.5, 0.6) is 0 Å². The number of aliphatic hydroxyl groups excluding tert-OH is 1. The number of rotatable bonds is 2. The van der Waals surface area contributed by atoms with E-state index in [1.54, 1.807) is 7.11 Å². The second-order valence-corrected chi connectivity index (χ2v) is 4.01. The number of allylic oxidation sites excluding steroid dienone is 2. The molecule has 0 radical (unpaired) electrons. The fourth-order valence-electron chi connectivity index (χ4n) is 2.74. The van der Waals surface area contributed by atoms with Crippen LogP contribution >= 0.6 is 0 Å². The molecule has 0 amide bonds. The summed E-state index contributed by atoms with van der Waals surface area (Å²) in [4.78, 5) is 0. The zero-order chi connectivity index (χ0) is 8.72. The Kier molecular flexibility index (Phi) is 1.97. The van der Waals surface area contributed by atoms with Gasteiger partial charge in [0.2, 0.25) is 0 Å². The molecule has 0 heterocycles. The van der Waals surface area contributed by atoms with E-state index in [9.17, 15) is 5.11 Å². The number of hydrogen-bond donors (Lipinski definition) is 1. The Morgan fingerprint density at radius 3 is 2.58 bits per heavy atom. The van der Waals surface area contributed by atoms with Crippen LogP contribution in [-0.4, -0.2) is 18.5 Å². The predicted molar refractivity (Wildman–Crippen MR) is 46.4 cm³/mol. The molecule has 5 unspecified atom stereocenters. The van der Waals surface area contributed by atoms with Gasteiger partial charge in [0.1, 0.15) is 0 Å². The fraction of sp³-hybridized carbons (Fsp3) is 0.800. The summed E-state index contributed by atoms with van der Waals surface area (Å²) in [7, 11) is 1.58. The lowest BCUT2D eigenvalue weighted by Gasteiger charge is -2.28. The van der Waals surface area contributed by atoms with Crippen molar-refractivity contribution in [2.24, 2.45) is 23.7 Å². The summed E-state index contributed by atoms with van der Waals surface area (Å²) in [6.45, 7) is 2.21. The largest absolute Gasteiger partial charge is 0.368 e. The van der Waals surface area contributed by atoms with Gasteiger partial charge in [0, 0.05) is 13.0 Å². The van der Waals surface area contributed by atoms with Crippen LogP contribution in [0.15, 0.2) is 12.2 Å². The van der Waals surface area contributed by atoms with Gasteiger partial charge in [-0.1, -0.05) is 19.1 Å².